The van der Waals surface area contributed by atoms with Gasteiger partial charge < -0.3 is 5.84 Å². The quantitative estimate of drug-likeness (QED) is 0.440. The molecular weight excluding hydrogens is 311 g/mol. The maximum absolute atomic E-state index is 5.57. The highest BCUT2D eigenvalue weighted by atomic mass is 35.5. The second kappa shape index (κ2) is 7.47. The Bertz CT molecular complexity index is 735. The van der Waals surface area contributed by atoms with Crippen LogP contribution in [0.1, 0.15) is 5.56 Å². The van der Waals surface area contributed by atoms with Crippen molar-refractivity contribution in [1.82, 2.24) is 14.9 Å². The van der Waals surface area contributed by atoms with Crippen LogP contribution in [0.3, 0.4) is 0 Å². The number of benzene rings is 2. The maximum Gasteiger partial charge on any atom is 0.263 e. The van der Waals surface area contributed by atoms with E-state index in [0.717, 1.165) is 10.9 Å². The Morgan fingerprint density at radius 2 is 1.86 bits per heavy atom. The zero-order valence-electron chi connectivity index (χ0n) is 10.9. The van der Waals surface area contributed by atoms with Crippen molar-refractivity contribution in [2.75, 3.05) is 11.3 Å². The van der Waals surface area contributed by atoms with Gasteiger partial charge in [0.15, 0.2) is 0 Å². The van der Waals surface area contributed by atoms with E-state index < -0.39 is 0 Å². The Kier molecular flexibility index (Phi) is 5.95. The standard InChI is InChI=1S/C13H12N6.2ClH/c14-19-9-16-18-13(19)17-15-8-11-6-3-5-10-4-1-2-7-12(10)11;;/h1-9H,14H2,(H,17,18);2*1H/b15-8+;;. The third-order valence-electron chi connectivity index (χ3n) is 2.76. The summed E-state index contributed by atoms with van der Waals surface area (Å²) in [6.45, 7) is 0. The minimum absolute atomic E-state index is 0. The highest BCUT2D eigenvalue weighted by Crippen LogP contribution is 2.16. The molecule has 0 unspecified atom stereocenters. The Morgan fingerprint density at radius 1 is 1.10 bits per heavy atom. The van der Waals surface area contributed by atoms with Crippen molar-refractivity contribution in [3.8, 4) is 0 Å². The minimum atomic E-state index is 0. The summed E-state index contributed by atoms with van der Waals surface area (Å²) >= 11 is 0. The van der Waals surface area contributed by atoms with E-state index in [1.165, 1.54) is 16.4 Å². The molecule has 0 fully saturated rings. The van der Waals surface area contributed by atoms with Crippen LogP contribution < -0.4 is 11.3 Å². The molecule has 0 atom stereocenters. The third kappa shape index (κ3) is 3.62. The molecule has 8 heteroatoms. The van der Waals surface area contributed by atoms with Gasteiger partial charge in [-0.05, 0) is 10.8 Å². The van der Waals surface area contributed by atoms with Crippen LogP contribution in [0.25, 0.3) is 10.8 Å². The van der Waals surface area contributed by atoms with E-state index in [2.05, 4.69) is 38.9 Å². The van der Waals surface area contributed by atoms with Crippen LogP contribution in [0.15, 0.2) is 53.9 Å². The number of hydrazone groups is 1. The van der Waals surface area contributed by atoms with Gasteiger partial charge in [-0.1, -0.05) is 42.5 Å². The van der Waals surface area contributed by atoms with Gasteiger partial charge in [-0.25, -0.2) is 10.1 Å². The van der Waals surface area contributed by atoms with Crippen LogP contribution in [-0.4, -0.2) is 21.1 Å². The van der Waals surface area contributed by atoms with Gasteiger partial charge in [0.2, 0.25) is 0 Å². The van der Waals surface area contributed by atoms with Gasteiger partial charge in [0.25, 0.3) is 5.95 Å². The Balaban J connectivity index is 0.00000110. The molecule has 0 aliphatic heterocycles. The molecule has 2 aromatic carbocycles. The van der Waals surface area contributed by atoms with Crippen molar-refractivity contribution in [2.24, 2.45) is 5.10 Å². The predicted octanol–water partition coefficient (Wildman–Crippen LogP) is 2.43. The van der Waals surface area contributed by atoms with E-state index in [1.807, 2.05) is 24.3 Å². The van der Waals surface area contributed by atoms with E-state index in [4.69, 9.17) is 5.84 Å². The van der Waals surface area contributed by atoms with Crippen molar-refractivity contribution in [3.63, 3.8) is 0 Å². The van der Waals surface area contributed by atoms with E-state index in [-0.39, 0.29) is 24.8 Å². The zero-order chi connectivity index (χ0) is 13.1. The second-order valence-electron chi connectivity index (χ2n) is 4.00. The fourth-order valence-corrected chi connectivity index (χ4v) is 1.85. The summed E-state index contributed by atoms with van der Waals surface area (Å²) in [6.07, 6.45) is 3.13. The number of hydrogen-bond donors (Lipinski definition) is 2. The van der Waals surface area contributed by atoms with Crippen molar-refractivity contribution in [2.45, 2.75) is 0 Å². The smallest absolute Gasteiger partial charge is 0.263 e. The fourth-order valence-electron chi connectivity index (χ4n) is 1.85. The number of halogens is 2. The lowest BCUT2D eigenvalue weighted by molar-refractivity contribution is 0.988. The van der Waals surface area contributed by atoms with E-state index in [1.54, 1.807) is 6.21 Å². The lowest BCUT2D eigenvalue weighted by atomic mass is 10.1. The number of nitrogens with one attached hydrogen (secondary N) is 1. The van der Waals surface area contributed by atoms with Crippen LogP contribution in [0.5, 0.6) is 0 Å². The molecule has 0 bridgehead atoms. The second-order valence-corrected chi connectivity index (χ2v) is 4.00. The molecule has 1 aromatic heterocycles. The molecule has 0 amide bonds. The molecule has 0 radical (unpaired) electrons. The number of nitrogen functional groups attached to an aromatic ring is 1. The number of hydrogen-bond acceptors (Lipinski definition) is 5. The highest BCUT2D eigenvalue weighted by molar-refractivity contribution is 5.99. The summed E-state index contributed by atoms with van der Waals surface area (Å²) in [6, 6.07) is 14.2. The molecule has 1 heterocycles. The van der Waals surface area contributed by atoms with Gasteiger partial charge in [-0.3, -0.25) is 0 Å². The van der Waals surface area contributed by atoms with Crippen LogP contribution in [0, 0.1) is 0 Å². The van der Waals surface area contributed by atoms with Gasteiger partial charge in [0, 0.05) is 5.56 Å². The van der Waals surface area contributed by atoms with Crippen molar-refractivity contribution in [1.29, 1.82) is 0 Å². The van der Waals surface area contributed by atoms with Crippen LogP contribution in [0.2, 0.25) is 0 Å². The van der Waals surface area contributed by atoms with Crippen LogP contribution >= 0.6 is 24.8 Å². The third-order valence-corrected chi connectivity index (χ3v) is 2.76. The molecule has 3 aromatic rings. The lowest BCUT2D eigenvalue weighted by Gasteiger charge is -2.01. The van der Waals surface area contributed by atoms with E-state index >= 15 is 0 Å². The topological polar surface area (TPSA) is 81.1 Å². The van der Waals surface area contributed by atoms with E-state index in [0.29, 0.717) is 5.95 Å². The van der Waals surface area contributed by atoms with Crippen molar-refractivity contribution < 1.29 is 0 Å². The summed E-state index contributed by atoms with van der Waals surface area (Å²) in [5.74, 6) is 5.95. The minimum Gasteiger partial charge on any atom is -0.335 e. The number of nitrogens with zero attached hydrogens (tertiary/aromatic N) is 4. The number of aromatic nitrogens is 3. The van der Waals surface area contributed by atoms with Gasteiger partial charge >= 0.3 is 0 Å². The molecule has 0 spiro atoms. The first-order valence-corrected chi connectivity index (χ1v) is 5.76. The normalized spacial score (nSPS) is 10.1. The average Bonchev–Trinajstić information content (AvgIpc) is 2.85. The Labute approximate surface area is 133 Å². The molecule has 3 N–H and O–H groups in total. The molecule has 0 aliphatic rings. The van der Waals surface area contributed by atoms with Gasteiger partial charge in [-0.15, -0.1) is 35.0 Å². The maximum atomic E-state index is 5.57. The first kappa shape index (κ1) is 16.7. The molecule has 6 nitrogen and oxygen atoms in total. The fraction of sp³-hybridized carbons (Fsp3) is 0. The lowest BCUT2D eigenvalue weighted by Crippen LogP contribution is -2.10. The molecule has 110 valence electrons. The molecule has 0 aliphatic carbocycles. The number of anilines is 1. The molecule has 0 saturated heterocycles. The monoisotopic (exact) mass is 324 g/mol. The molecule has 3 rings (SSSR count). The first-order chi connectivity index (χ1) is 9.34. The Hall–Kier alpha value is -2.31. The number of fused-ring (bicyclic) bond motifs is 1. The summed E-state index contributed by atoms with van der Waals surface area (Å²) < 4.78 is 1.26. The molecule has 21 heavy (non-hydrogen) atoms. The SMILES string of the molecule is Cl.Cl.Nn1cnnc1N/N=C/c1cccc2ccccc12. The van der Waals surface area contributed by atoms with E-state index in [9.17, 15) is 0 Å². The molecule has 0 saturated carbocycles. The predicted molar refractivity (Wildman–Crippen MR) is 89.8 cm³/mol. The van der Waals surface area contributed by atoms with Crippen LogP contribution in [0.4, 0.5) is 5.95 Å². The molecular formula is C13H14Cl2N6. The Morgan fingerprint density at radius 3 is 2.62 bits per heavy atom. The summed E-state index contributed by atoms with van der Waals surface area (Å²) in [4.78, 5) is 0. The van der Waals surface area contributed by atoms with Crippen LogP contribution in [-0.2, 0) is 0 Å². The zero-order valence-corrected chi connectivity index (χ0v) is 12.5. The van der Waals surface area contributed by atoms with Gasteiger partial charge in [-0.2, -0.15) is 5.10 Å². The number of nitrogens with two attached hydrogens (primary N) is 1. The highest BCUT2D eigenvalue weighted by Gasteiger charge is 1.99. The largest absolute Gasteiger partial charge is 0.335 e. The summed E-state index contributed by atoms with van der Waals surface area (Å²) in [7, 11) is 0. The van der Waals surface area contributed by atoms with Gasteiger partial charge in [0.1, 0.15) is 6.33 Å². The first-order valence-electron chi connectivity index (χ1n) is 5.76. The summed E-state index contributed by atoms with van der Waals surface area (Å²) in [5.41, 5.74) is 3.76. The van der Waals surface area contributed by atoms with Crippen molar-refractivity contribution in [3.05, 3.63) is 54.4 Å². The summed E-state index contributed by atoms with van der Waals surface area (Å²) in [5, 5.41) is 13.9. The average molecular weight is 325 g/mol. The number of rotatable bonds is 3. The van der Waals surface area contributed by atoms with Gasteiger partial charge in [0.05, 0.1) is 6.21 Å². The van der Waals surface area contributed by atoms with Crippen molar-refractivity contribution >= 4 is 47.7 Å².